The molecule has 1 aliphatic rings. The molecule has 0 aliphatic carbocycles. The van der Waals surface area contributed by atoms with Crippen LogP contribution in [-0.4, -0.2) is 38.8 Å². The van der Waals surface area contributed by atoms with E-state index in [0.29, 0.717) is 13.1 Å². The summed E-state index contributed by atoms with van der Waals surface area (Å²) in [4.78, 5) is 15.1. The average Bonchev–Trinajstić information content (AvgIpc) is 3.34. The number of thiophene rings is 1. The van der Waals surface area contributed by atoms with Gasteiger partial charge >= 0.3 is 0 Å². The lowest BCUT2D eigenvalue weighted by Gasteiger charge is -2.21. The second kappa shape index (κ2) is 9.71. The summed E-state index contributed by atoms with van der Waals surface area (Å²) in [5, 5.41) is 5.12. The van der Waals surface area contributed by atoms with Crippen molar-refractivity contribution in [2.45, 2.75) is 32.0 Å². The number of quaternary nitrogens is 1. The Balaban J connectivity index is 1.55. The van der Waals surface area contributed by atoms with E-state index in [1.807, 2.05) is 24.3 Å². The summed E-state index contributed by atoms with van der Waals surface area (Å²) in [6.07, 6.45) is 2.49. The van der Waals surface area contributed by atoms with Gasteiger partial charge in [0.2, 0.25) is 0 Å². The molecule has 1 aliphatic heterocycles. The molecule has 1 fully saturated rings. The Hall–Kier alpha value is -1.89. The van der Waals surface area contributed by atoms with Crippen molar-refractivity contribution in [3.63, 3.8) is 0 Å². The number of para-hydroxylation sites is 1. The lowest BCUT2D eigenvalue weighted by molar-refractivity contribution is -0.908. The molecule has 0 radical (unpaired) electrons. The fourth-order valence-electron chi connectivity index (χ4n) is 3.33. The molecule has 6 heteroatoms. The molecule has 5 nitrogen and oxygen atoms in total. The van der Waals surface area contributed by atoms with E-state index in [4.69, 9.17) is 9.47 Å². The number of rotatable bonds is 9. The van der Waals surface area contributed by atoms with Gasteiger partial charge in [-0.3, -0.25) is 4.79 Å². The number of benzene rings is 1. The topological polar surface area (TPSA) is 52.0 Å². The van der Waals surface area contributed by atoms with Gasteiger partial charge in [-0.05, 0) is 30.4 Å². The molecule has 1 aromatic heterocycles. The normalized spacial score (nSPS) is 17.8. The van der Waals surface area contributed by atoms with Crippen LogP contribution in [0.1, 0.15) is 23.3 Å². The van der Waals surface area contributed by atoms with E-state index in [0.717, 1.165) is 43.9 Å². The lowest BCUT2D eigenvalue weighted by Crippen LogP contribution is -3.13. The maximum atomic E-state index is 12.5. The van der Waals surface area contributed by atoms with Gasteiger partial charge in [0.05, 0.1) is 12.0 Å². The van der Waals surface area contributed by atoms with Crippen molar-refractivity contribution in [1.29, 1.82) is 0 Å². The number of hydrogen-bond acceptors (Lipinski definition) is 4. The van der Waals surface area contributed by atoms with Gasteiger partial charge in [0.1, 0.15) is 24.9 Å². The minimum atomic E-state index is 0.0560. The number of hydrogen-bond donors (Lipinski definition) is 2. The van der Waals surface area contributed by atoms with Crippen molar-refractivity contribution < 1.29 is 19.2 Å². The maximum absolute atomic E-state index is 12.5. The number of nitrogens with one attached hydrogen (secondary N) is 2. The van der Waals surface area contributed by atoms with Crippen LogP contribution < -0.4 is 15.0 Å². The zero-order valence-corrected chi connectivity index (χ0v) is 16.0. The van der Waals surface area contributed by atoms with Crippen LogP contribution >= 0.6 is 11.3 Å². The summed E-state index contributed by atoms with van der Waals surface area (Å²) in [5.41, 5.74) is 0.988. The number of carbonyl (C=O) groups is 1. The number of ether oxygens (including phenoxy) is 2. The molecule has 3 rings (SSSR count). The van der Waals surface area contributed by atoms with Crippen LogP contribution in [0.2, 0.25) is 0 Å². The minimum absolute atomic E-state index is 0.0560. The van der Waals surface area contributed by atoms with E-state index in [1.54, 1.807) is 18.4 Å². The SMILES string of the molecule is COc1ccccc1CNC(=O)C[NH+](Cc1cccs1)C[C@H]1CCCO1. The van der Waals surface area contributed by atoms with Crippen molar-refractivity contribution in [2.75, 3.05) is 26.8 Å². The summed E-state index contributed by atoms with van der Waals surface area (Å²) >= 11 is 1.74. The number of methoxy groups -OCH3 is 1. The van der Waals surface area contributed by atoms with E-state index in [9.17, 15) is 4.79 Å². The van der Waals surface area contributed by atoms with Crippen LogP contribution in [0.4, 0.5) is 0 Å². The molecule has 2 atom stereocenters. The molecule has 26 heavy (non-hydrogen) atoms. The first-order valence-corrected chi connectivity index (χ1v) is 9.98. The van der Waals surface area contributed by atoms with Gasteiger partial charge in [0.15, 0.2) is 6.54 Å². The predicted octanol–water partition coefficient (Wildman–Crippen LogP) is 1.64. The molecular weight excluding hydrogens is 348 g/mol. The Kier molecular flexibility index (Phi) is 7.05. The first-order chi connectivity index (χ1) is 12.7. The Morgan fingerprint density at radius 1 is 1.35 bits per heavy atom. The molecular formula is C20H27N2O3S+. The molecule has 2 aromatic rings. The van der Waals surface area contributed by atoms with E-state index in [-0.39, 0.29) is 12.0 Å². The van der Waals surface area contributed by atoms with Crippen LogP contribution in [0, 0.1) is 0 Å². The van der Waals surface area contributed by atoms with Gasteiger partial charge in [-0.2, -0.15) is 0 Å². The third kappa shape index (κ3) is 5.56. The summed E-state index contributed by atoms with van der Waals surface area (Å²) in [7, 11) is 1.65. The zero-order valence-electron chi connectivity index (χ0n) is 15.2. The van der Waals surface area contributed by atoms with Gasteiger partial charge in [0, 0.05) is 18.7 Å². The van der Waals surface area contributed by atoms with Gasteiger partial charge in [-0.15, -0.1) is 11.3 Å². The number of amides is 1. The lowest BCUT2D eigenvalue weighted by atomic mass is 10.2. The quantitative estimate of drug-likeness (QED) is 0.701. The van der Waals surface area contributed by atoms with Crippen LogP contribution in [0.5, 0.6) is 5.75 Å². The molecule has 140 valence electrons. The summed E-state index contributed by atoms with van der Waals surface area (Å²) < 4.78 is 11.1. The van der Waals surface area contributed by atoms with Crippen LogP contribution in [0.3, 0.4) is 0 Å². The third-order valence-electron chi connectivity index (χ3n) is 4.62. The average molecular weight is 376 g/mol. The van der Waals surface area contributed by atoms with Gasteiger partial charge < -0.3 is 19.7 Å². The minimum Gasteiger partial charge on any atom is -0.496 e. The third-order valence-corrected chi connectivity index (χ3v) is 5.50. The highest BCUT2D eigenvalue weighted by Crippen LogP contribution is 2.16. The predicted molar refractivity (Wildman–Crippen MR) is 103 cm³/mol. The molecule has 1 aromatic carbocycles. The molecule has 0 saturated carbocycles. The first kappa shape index (κ1) is 18.9. The Labute approximate surface area is 158 Å². The van der Waals surface area contributed by atoms with Gasteiger partial charge in [-0.25, -0.2) is 0 Å². The second-order valence-corrected chi connectivity index (χ2v) is 7.64. The molecule has 2 heterocycles. The smallest absolute Gasteiger partial charge is 0.275 e. The summed E-state index contributed by atoms with van der Waals surface area (Å²) in [5.74, 6) is 0.857. The standard InChI is InChI=1S/C20H26N2O3S/c1-24-19-9-3-2-6-16(19)12-21-20(23)15-22(13-17-7-4-10-25-17)14-18-8-5-11-26-18/h2-3,5-6,8-9,11,17H,4,7,10,12-15H2,1H3,(H,21,23)/p+1/t17-/m1/s1. The fourth-order valence-corrected chi connectivity index (χ4v) is 4.10. The molecule has 1 saturated heterocycles. The van der Waals surface area contributed by atoms with Crippen molar-refractivity contribution in [2.24, 2.45) is 0 Å². The van der Waals surface area contributed by atoms with Crippen LogP contribution in [0.25, 0.3) is 0 Å². The molecule has 0 spiro atoms. The Morgan fingerprint density at radius 2 is 2.23 bits per heavy atom. The first-order valence-electron chi connectivity index (χ1n) is 9.10. The summed E-state index contributed by atoms with van der Waals surface area (Å²) in [6, 6.07) is 12.0. The fraction of sp³-hybridized carbons (Fsp3) is 0.450. The van der Waals surface area contributed by atoms with Gasteiger partial charge in [0.25, 0.3) is 5.91 Å². The largest absolute Gasteiger partial charge is 0.496 e. The zero-order chi connectivity index (χ0) is 18.2. The van der Waals surface area contributed by atoms with E-state index < -0.39 is 0 Å². The Morgan fingerprint density at radius 3 is 2.96 bits per heavy atom. The highest BCUT2D eigenvalue weighted by Gasteiger charge is 2.24. The molecule has 2 N–H and O–H groups in total. The molecule has 1 unspecified atom stereocenters. The van der Waals surface area contributed by atoms with E-state index >= 15 is 0 Å². The van der Waals surface area contributed by atoms with E-state index in [2.05, 4.69) is 22.8 Å². The van der Waals surface area contributed by atoms with Crippen molar-refractivity contribution in [3.8, 4) is 5.75 Å². The monoisotopic (exact) mass is 375 g/mol. The number of carbonyl (C=O) groups excluding carboxylic acids is 1. The molecule has 0 bridgehead atoms. The van der Waals surface area contributed by atoms with Crippen LogP contribution in [-0.2, 0) is 22.6 Å². The highest BCUT2D eigenvalue weighted by atomic mass is 32.1. The maximum Gasteiger partial charge on any atom is 0.275 e. The molecule has 1 amide bonds. The van der Waals surface area contributed by atoms with Crippen molar-refractivity contribution in [1.82, 2.24) is 5.32 Å². The van der Waals surface area contributed by atoms with E-state index in [1.165, 1.54) is 9.78 Å². The van der Waals surface area contributed by atoms with Crippen LogP contribution in [0.15, 0.2) is 41.8 Å². The summed E-state index contributed by atoms with van der Waals surface area (Å²) in [6.45, 7) is 3.51. The van der Waals surface area contributed by atoms with Crippen molar-refractivity contribution >= 4 is 17.2 Å². The second-order valence-electron chi connectivity index (χ2n) is 6.61. The van der Waals surface area contributed by atoms with Gasteiger partial charge in [-0.1, -0.05) is 24.3 Å². The Bertz CT molecular complexity index is 684. The van der Waals surface area contributed by atoms with Crippen molar-refractivity contribution in [3.05, 3.63) is 52.2 Å². The highest BCUT2D eigenvalue weighted by molar-refractivity contribution is 7.09.